The zero-order valence-electron chi connectivity index (χ0n) is 21.4. The Morgan fingerprint density at radius 1 is 0.714 bits per heavy atom. The van der Waals surface area contributed by atoms with E-state index in [2.05, 4.69) is 19.6 Å². The van der Waals surface area contributed by atoms with E-state index < -0.39 is 0 Å². The van der Waals surface area contributed by atoms with E-state index in [1.807, 2.05) is 6.07 Å². The maximum absolute atomic E-state index is 12.8. The number of hydrogen-bond donors (Lipinski definition) is 0. The molecule has 2 fully saturated rings. The van der Waals surface area contributed by atoms with Gasteiger partial charge < -0.3 is 18.8 Å². The zero-order chi connectivity index (χ0) is 24.2. The standard InChI is InChI=1S/C27H40N4O4/c1-33-25-18-22-21-6-9-31(20-23(21)27(32)35-24(22)19-26(25)34-2)17-16-30-14-12-29(13-15-30)11-10-28-7-4-3-5-8-28/h18-19H,3-17,20H2,1-2H3. The van der Waals surface area contributed by atoms with Gasteiger partial charge in [0, 0.05) is 76.9 Å². The van der Waals surface area contributed by atoms with E-state index in [1.54, 1.807) is 20.3 Å². The average Bonchev–Trinajstić information content (AvgIpc) is 2.91. The Labute approximate surface area is 208 Å². The van der Waals surface area contributed by atoms with Crippen LogP contribution < -0.4 is 15.1 Å². The van der Waals surface area contributed by atoms with E-state index in [9.17, 15) is 4.79 Å². The van der Waals surface area contributed by atoms with Gasteiger partial charge in [-0.2, -0.15) is 0 Å². The van der Waals surface area contributed by atoms with Crippen molar-refractivity contribution in [1.82, 2.24) is 19.6 Å². The van der Waals surface area contributed by atoms with Gasteiger partial charge in [0.2, 0.25) is 0 Å². The summed E-state index contributed by atoms with van der Waals surface area (Å²) in [5.74, 6) is 1.24. The molecule has 0 saturated carbocycles. The number of nitrogens with zero attached hydrogens (tertiary/aromatic N) is 4. The van der Waals surface area contributed by atoms with Gasteiger partial charge in [-0.25, -0.2) is 4.79 Å². The van der Waals surface area contributed by atoms with Gasteiger partial charge in [0.25, 0.3) is 0 Å². The highest BCUT2D eigenvalue weighted by atomic mass is 16.5. The van der Waals surface area contributed by atoms with Gasteiger partial charge in [0.15, 0.2) is 11.5 Å². The van der Waals surface area contributed by atoms with E-state index in [1.165, 1.54) is 45.4 Å². The van der Waals surface area contributed by atoms with Gasteiger partial charge >= 0.3 is 5.63 Å². The largest absolute Gasteiger partial charge is 0.493 e. The van der Waals surface area contributed by atoms with Crippen molar-refractivity contribution in [3.8, 4) is 11.5 Å². The Kier molecular flexibility index (Phi) is 7.92. The summed E-state index contributed by atoms with van der Waals surface area (Å²) in [6.07, 6.45) is 4.99. The van der Waals surface area contributed by atoms with Crippen molar-refractivity contribution in [2.45, 2.75) is 32.2 Å². The Hall–Kier alpha value is -2.13. The smallest absolute Gasteiger partial charge is 0.341 e. The second kappa shape index (κ2) is 11.3. The Morgan fingerprint density at radius 3 is 1.91 bits per heavy atom. The van der Waals surface area contributed by atoms with Gasteiger partial charge in [0.1, 0.15) is 5.58 Å². The lowest BCUT2D eigenvalue weighted by Crippen LogP contribution is -2.50. The highest BCUT2D eigenvalue weighted by molar-refractivity contribution is 5.85. The summed E-state index contributed by atoms with van der Waals surface area (Å²) in [7, 11) is 3.22. The molecule has 8 nitrogen and oxygen atoms in total. The summed E-state index contributed by atoms with van der Waals surface area (Å²) in [4.78, 5) is 23.0. The van der Waals surface area contributed by atoms with Crippen molar-refractivity contribution in [3.63, 3.8) is 0 Å². The molecule has 0 spiro atoms. The van der Waals surface area contributed by atoms with Gasteiger partial charge in [-0.05, 0) is 44.0 Å². The Balaban J connectivity index is 1.13. The highest BCUT2D eigenvalue weighted by Crippen LogP contribution is 2.35. The normalized spacial score (nSPS) is 20.7. The van der Waals surface area contributed by atoms with Crippen LogP contribution in [0.3, 0.4) is 0 Å². The first kappa shape index (κ1) is 24.6. The molecule has 3 aliphatic heterocycles. The van der Waals surface area contributed by atoms with Crippen molar-refractivity contribution in [2.24, 2.45) is 0 Å². The minimum Gasteiger partial charge on any atom is -0.493 e. The number of rotatable bonds is 8. The molecule has 0 unspecified atom stereocenters. The molecular formula is C27H40N4O4. The second-order valence-corrected chi connectivity index (χ2v) is 10.2. The lowest BCUT2D eigenvalue weighted by Gasteiger charge is -2.37. The maximum atomic E-state index is 12.8. The first-order valence-corrected chi connectivity index (χ1v) is 13.2. The second-order valence-electron chi connectivity index (χ2n) is 10.2. The van der Waals surface area contributed by atoms with Crippen molar-refractivity contribution in [3.05, 3.63) is 33.7 Å². The van der Waals surface area contributed by atoms with Gasteiger partial charge in [-0.3, -0.25) is 14.7 Å². The van der Waals surface area contributed by atoms with Crippen LogP contribution in [0.4, 0.5) is 0 Å². The molecule has 4 heterocycles. The summed E-state index contributed by atoms with van der Waals surface area (Å²) < 4.78 is 16.5. The number of hydrogen-bond acceptors (Lipinski definition) is 8. The van der Waals surface area contributed by atoms with Crippen LogP contribution in [0.5, 0.6) is 11.5 Å². The molecule has 1 aromatic heterocycles. The van der Waals surface area contributed by atoms with Crippen LogP contribution in [0, 0.1) is 0 Å². The summed E-state index contributed by atoms with van der Waals surface area (Å²) in [5.41, 5.74) is 2.22. The van der Waals surface area contributed by atoms with Crippen LogP contribution >= 0.6 is 0 Å². The third-order valence-corrected chi connectivity index (χ3v) is 8.06. The monoisotopic (exact) mass is 484 g/mol. The molecular weight excluding hydrogens is 444 g/mol. The molecule has 35 heavy (non-hydrogen) atoms. The SMILES string of the molecule is COc1cc2oc(=O)c3c(c2cc1OC)CCN(CCN1CCN(CCN2CCCCC2)CC1)C3. The zero-order valence-corrected chi connectivity index (χ0v) is 21.4. The van der Waals surface area contributed by atoms with Crippen molar-refractivity contribution in [2.75, 3.05) is 86.2 Å². The van der Waals surface area contributed by atoms with Crippen LogP contribution in [0.2, 0.25) is 0 Å². The van der Waals surface area contributed by atoms with Crippen LogP contribution in [0.1, 0.15) is 30.4 Å². The van der Waals surface area contributed by atoms with Crippen molar-refractivity contribution in [1.29, 1.82) is 0 Å². The van der Waals surface area contributed by atoms with Crippen molar-refractivity contribution >= 4 is 11.0 Å². The Morgan fingerprint density at radius 2 is 1.29 bits per heavy atom. The topological polar surface area (TPSA) is 61.6 Å². The molecule has 5 rings (SSSR count). The number of likely N-dealkylation sites (tertiary alicyclic amines) is 1. The third-order valence-electron chi connectivity index (χ3n) is 8.06. The van der Waals surface area contributed by atoms with E-state index in [0.29, 0.717) is 23.6 Å². The molecule has 2 saturated heterocycles. The van der Waals surface area contributed by atoms with Crippen LogP contribution in [0.15, 0.2) is 21.3 Å². The third kappa shape index (κ3) is 5.66. The Bertz CT molecular complexity index is 1060. The minimum atomic E-state index is -0.230. The maximum Gasteiger partial charge on any atom is 0.341 e. The van der Waals surface area contributed by atoms with Crippen LogP contribution in [-0.2, 0) is 13.0 Å². The fourth-order valence-corrected chi connectivity index (χ4v) is 5.82. The van der Waals surface area contributed by atoms with Gasteiger partial charge in [-0.1, -0.05) is 6.42 Å². The predicted octanol–water partition coefficient (Wildman–Crippen LogP) is 2.27. The van der Waals surface area contributed by atoms with E-state index >= 15 is 0 Å². The predicted molar refractivity (Wildman–Crippen MR) is 138 cm³/mol. The molecule has 0 bridgehead atoms. The number of piperidine rings is 1. The molecule has 192 valence electrons. The number of methoxy groups -OCH3 is 2. The lowest BCUT2D eigenvalue weighted by atomic mass is 9.97. The molecule has 0 amide bonds. The molecule has 1 aromatic carbocycles. The van der Waals surface area contributed by atoms with E-state index in [-0.39, 0.29) is 5.63 Å². The minimum absolute atomic E-state index is 0.230. The summed E-state index contributed by atoms with van der Waals surface area (Å²) in [6, 6.07) is 3.70. The number of fused-ring (bicyclic) bond motifs is 3. The molecule has 0 aliphatic carbocycles. The first-order chi connectivity index (χ1) is 17.1. The van der Waals surface area contributed by atoms with Gasteiger partial charge in [-0.15, -0.1) is 0 Å². The number of piperazine rings is 1. The average molecular weight is 485 g/mol. The van der Waals surface area contributed by atoms with E-state index in [4.69, 9.17) is 13.9 Å². The van der Waals surface area contributed by atoms with Crippen molar-refractivity contribution < 1.29 is 13.9 Å². The molecule has 8 heteroatoms. The first-order valence-electron chi connectivity index (χ1n) is 13.2. The van der Waals surface area contributed by atoms with Gasteiger partial charge in [0.05, 0.1) is 19.8 Å². The summed E-state index contributed by atoms with van der Waals surface area (Å²) >= 11 is 0. The lowest BCUT2D eigenvalue weighted by molar-refractivity contribution is 0.102. The quantitative estimate of drug-likeness (QED) is 0.529. The number of ether oxygens (including phenoxy) is 2. The fourth-order valence-electron chi connectivity index (χ4n) is 5.82. The summed E-state index contributed by atoms with van der Waals surface area (Å²) in [5, 5.41) is 0.956. The van der Waals surface area contributed by atoms with Crippen LogP contribution in [-0.4, -0.2) is 106 Å². The van der Waals surface area contributed by atoms with E-state index in [0.717, 1.165) is 68.7 Å². The summed E-state index contributed by atoms with van der Waals surface area (Å²) in [6.45, 7) is 13.2. The molecule has 3 aliphatic rings. The molecule has 0 N–H and O–H groups in total. The fraction of sp³-hybridized carbons (Fsp3) is 0.667. The number of benzene rings is 1. The molecule has 0 atom stereocenters. The van der Waals surface area contributed by atoms with Crippen LogP contribution in [0.25, 0.3) is 11.0 Å². The highest BCUT2D eigenvalue weighted by Gasteiger charge is 2.25. The molecule has 2 aromatic rings. The molecule has 0 radical (unpaired) electrons.